The maximum absolute atomic E-state index is 12.2. The first-order chi connectivity index (χ1) is 9.04. The molecule has 0 aromatic rings. The van der Waals surface area contributed by atoms with Crippen LogP contribution in [0.5, 0.6) is 0 Å². The monoisotopic (exact) mass is 306 g/mol. The zero-order chi connectivity index (χ0) is 13.9. The summed E-state index contributed by atoms with van der Waals surface area (Å²) in [5.41, 5.74) is 0. The Kier molecular flexibility index (Phi) is 5.14. The molecule has 1 unspecified atom stereocenters. The highest BCUT2D eigenvalue weighted by Gasteiger charge is 2.35. The van der Waals surface area contributed by atoms with Crippen LogP contribution < -0.4 is 5.32 Å². The van der Waals surface area contributed by atoms with Crippen LogP contribution in [0.1, 0.15) is 26.2 Å². The summed E-state index contributed by atoms with van der Waals surface area (Å²) in [6, 6.07) is 0.583. The molecule has 2 fully saturated rings. The minimum atomic E-state index is -3.18. The van der Waals surface area contributed by atoms with E-state index in [2.05, 4.69) is 5.32 Å². The van der Waals surface area contributed by atoms with Gasteiger partial charge in [0.25, 0.3) is 0 Å². The van der Waals surface area contributed by atoms with Crippen LogP contribution in [-0.2, 0) is 14.6 Å². The fourth-order valence-electron chi connectivity index (χ4n) is 2.17. The predicted molar refractivity (Wildman–Crippen MR) is 77.9 cm³/mol. The summed E-state index contributed by atoms with van der Waals surface area (Å²) >= 11 is 1.62. The van der Waals surface area contributed by atoms with Crippen molar-refractivity contribution in [1.29, 1.82) is 0 Å². The normalized spacial score (nSPS) is 24.5. The summed E-state index contributed by atoms with van der Waals surface area (Å²) in [6.07, 6.45) is 2.79. The number of thioether (sulfide) groups is 1. The standard InChI is InChI=1S/C12H22N2O3S2/c1-2-19(16,17)12-9-18-8-7-14(12)11(15)5-6-13-10-3-4-10/h10,12-13H,2-9H2,1H3. The zero-order valence-electron chi connectivity index (χ0n) is 11.3. The van der Waals surface area contributed by atoms with Crippen LogP contribution in [0, 0.1) is 0 Å². The molecule has 1 amide bonds. The number of nitrogens with zero attached hydrogens (tertiary/aromatic N) is 1. The Morgan fingerprint density at radius 2 is 2.16 bits per heavy atom. The Balaban J connectivity index is 1.91. The quantitative estimate of drug-likeness (QED) is 0.772. The molecule has 110 valence electrons. The number of hydrogen-bond acceptors (Lipinski definition) is 5. The van der Waals surface area contributed by atoms with Crippen molar-refractivity contribution < 1.29 is 13.2 Å². The van der Waals surface area contributed by atoms with E-state index in [9.17, 15) is 13.2 Å². The van der Waals surface area contributed by atoms with E-state index >= 15 is 0 Å². The first-order valence-electron chi connectivity index (χ1n) is 6.86. The highest BCUT2D eigenvalue weighted by Crippen LogP contribution is 2.22. The van der Waals surface area contributed by atoms with Gasteiger partial charge in [-0.15, -0.1) is 0 Å². The zero-order valence-corrected chi connectivity index (χ0v) is 12.9. The van der Waals surface area contributed by atoms with Gasteiger partial charge in [0.15, 0.2) is 9.84 Å². The maximum atomic E-state index is 12.2. The van der Waals surface area contributed by atoms with Gasteiger partial charge in [-0.2, -0.15) is 11.8 Å². The molecule has 19 heavy (non-hydrogen) atoms. The molecule has 1 heterocycles. The number of hydrogen-bond donors (Lipinski definition) is 1. The highest BCUT2D eigenvalue weighted by atomic mass is 32.2. The van der Waals surface area contributed by atoms with Gasteiger partial charge >= 0.3 is 0 Å². The largest absolute Gasteiger partial charge is 0.324 e. The number of carbonyl (C=O) groups is 1. The lowest BCUT2D eigenvalue weighted by Crippen LogP contribution is -2.51. The fraction of sp³-hybridized carbons (Fsp3) is 0.917. The maximum Gasteiger partial charge on any atom is 0.224 e. The molecule has 0 spiro atoms. The first kappa shape index (κ1) is 15.1. The molecule has 1 aliphatic heterocycles. The number of sulfone groups is 1. The van der Waals surface area contributed by atoms with Gasteiger partial charge in [-0.3, -0.25) is 4.79 Å². The van der Waals surface area contributed by atoms with Gasteiger partial charge in [0.05, 0.1) is 0 Å². The number of nitrogens with one attached hydrogen (secondary N) is 1. The molecule has 7 heteroatoms. The van der Waals surface area contributed by atoms with E-state index in [1.807, 2.05) is 0 Å². The Hall–Kier alpha value is -0.270. The van der Waals surface area contributed by atoms with E-state index in [1.54, 1.807) is 23.6 Å². The van der Waals surface area contributed by atoms with E-state index in [0.29, 0.717) is 31.3 Å². The smallest absolute Gasteiger partial charge is 0.224 e. The second-order valence-corrected chi connectivity index (χ2v) is 8.64. The molecule has 1 aliphatic carbocycles. The van der Waals surface area contributed by atoms with Crippen LogP contribution in [0.2, 0.25) is 0 Å². The topological polar surface area (TPSA) is 66.5 Å². The van der Waals surface area contributed by atoms with E-state index in [4.69, 9.17) is 0 Å². The molecule has 1 saturated carbocycles. The molecule has 1 atom stereocenters. The minimum absolute atomic E-state index is 0.0320. The lowest BCUT2D eigenvalue weighted by Gasteiger charge is -2.34. The summed E-state index contributed by atoms with van der Waals surface area (Å²) in [5.74, 6) is 1.41. The van der Waals surface area contributed by atoms with Crippen LogP contribution in [0.3, 0.4) is 0 Å². The average Bonchev–Trinajstić information content (AvgIpc) is 3.23. The van der Waals surface area contributed by atoms with Crippen molar-refractivity contribution in [2.45, 2.75) is 37.6 Å². The lowest BCUT2D eigenvalue weighted by molar-refractivity contribution is -0.131. The molecule has 2 aliphatic rings. The van der Waals surface area contributed by atoms with Gasteiger partial charge in [0, 0.05) is 42.8 Å². The van der Waals surface area contributed by atoms with Crippen LogP contribution >= 0.6 is 11.8 Å². The molecular weight excluding hydrogens is 284 g/mol. The summed E-state index contributed by atoms with van der Waals surface area (Å²) in [4.78, 5) is 13.8. The van der Waals surface area contributed by atoms with E-state index in [-0.39, 0.29) is 11.7 Å². The molecule has 0 aromatic heterocycles. The van der Waals surface area contributed by atoms with E-state index in [1.165, 1.54) is 12.8 Å². The summed E-state index contributed by atoms with van der Waals surface area (Å²) in [5, 5.41) is 2.67. The Morgan fingerprint density at radius 1 is 1.42 bits per heavy atom. The molecule has 1 N–H and O–H groups in total. The molecule has 1 saturated heterocycles. The molecule has 0 radical (unpaired) electrons. The minimum Gasteiger partial charge on any atom is -0.324 e. The van der Waals surface area contributed by atoms with Crippen molar-refractivity contribution in [2.24, 2.45) is 0 Å². The van der Waals surface area contributed by atoms with Crippen molar-refractivity contribution >= 4 is 27.5 Å². The van der Waals surface area contributed by atoms with E-state index < -0.39 is 15.2 Å². The van der Waals surface area contributed by atoms with Gasteiger partial charge in [0.1, 0.15) is 5.37 Å². The third-order valence-electron chi connectivity index (χ3n) is 3.57. The van der Waals surface area contributed by atoms with Gasteiger partial charge in [-0.25, -0.2) is 8.42 Å². The summed E-state index contributed by atoms with van der Waals surface area (Å²) in [6.45, 7) is 2.86. The second kappa shape index (κ2) is 6.45. The van der Waals surface area contributed by atoms with Crippen molar-refractivity contribution in [3.8, 4) is 0 Å². The Labute approximate surface area is 119 Å². The van der Waals surface area contributed by atoms with Crippen LogP contribution in [0.25, 0.3) is 0 Å². The van der Waals surface area contributed by atoms with Gasteiger partial charge in [-0.05, 0) is 12.8 Å². The number of amides is 1. The van der Waals surface area contributed by atoms with Gasteiger partial charge in [-0.1, -0.05) is 6.92 Å². The molecule has 0 bridgehead atoms. The van der Waals surface area contributed by atoms with Crippen molar-refractivity contribution in [3.05, 3.63) is 0 Å². The van der Waals surface area contributed by atoms with Crippen LogP contribution in [0.4, 0.5) is 0 Å². The third-order valence-corrected chi connectivity index (χ3v) is 6.86. The summed E-state index contributed by atoms with van der Waals surface area (Å²) < 4.78 is 24.1. The molecule has 2 rings (SSSR count). The fourth-order valence-corrected chi connectivity index (χ4v) is 5.16. The number of carbonyl (C=O) groups excluding carboxylic acids is 1. The van der Waals surface area contributed by atoms with Crippen LogP contribution in [-0.4, -0.2) is 61.0 Å². The van der Waals surface area contributed by atoms with Crippen LogP contribution in [0.15, 0.2) is 0 Å². The van der Waals surface area contributed by atoms with Crippen molar-refractivity contribution in [1.82, 2.24) is 10.2 Å². The predicted octanol–water partition coefficient (Wildman–Crippen LogP) is 0.465. The number of rotatable bonds is 6. The SMILES string of the molecule is CCS(=O)(=O)C1CSCCN1C(=O)CCNC1CC1. The van der Waals surface area contributed by atoms with Gasteiger partial charge in [0.2, 0.25) is 5.91 Å². The summed E-state index contributed by atoms with van der Waals surface area (Å²) in [7, 11) is -3.18. The average molecular weight is 306 g/mol. The van der Waals surface area contributed by atoms with Crippen molar-refractivity contribution in [3.63, 3.8) is 0 Å². The molecule has 0 aromatic carbocycles. The first-order valence-corrected chi connectivity index (χ1v) is 9.73. The lowest BCUT2D eigenvalue weighted by atomic mass is 10.3. The van der Waals surface area contributed by atoms with E-state index in [0.717, 1.165) is 5.75 Å². The Morgan fingerprint density at radius 3 is 2.79 bits per heavy atom. The molecular formula is C12H22N2O3S2. The Bertz CT molecular complexity index is 421. The molecule has 5 nitrogen and oxygen atoms in total. The van der Waals surface area contributed by atoms with Gasteiger partial charge < -0.3 is 10.2 Å². The third kappa shape index (κ3) is 4.10. The van der Waals surface area contributed by atoms with Crippen molar-refractivity contribution in [2.75, 3.05) is 30.3 Å². The highest BCUT2D eigenvalue weighted by molar-refractivity contribution is 8.01. The second-order valence-electron chi connectivity index (χ2n) is 5.05.